The van der Waals surface area contributed by atoms with Crippen LogP contribution in [-0.4, -0.2) is 19.8 Å². The Kier molecular flexibility index (Phi) is 5.52. The van der Waals surface area contributed by atoms with Gasteiger partial charge >= 0.3 is 0 Å². The van der Waals surface area contributed by atoms with E-state index in [1.165, 1.54) is 24.8 Å². The number of hydrogen-bond donors (Lipinski definition) is 1. The lowest BCUT2D eigenvalue weighted by Gasteiger charge is -2.21. The van der Waals surface area contributed by atoms with E-state index in [0.717, 1.165) is 30.5 Å². The molecule has 0 aromatic heterocycles. The number of benzene rings is 1. The Morgan fingerprint density at radius 2 is 2.00 bits per heavy atom. The van der Waals surface area contributed by atoms with Gasteiger partial charge in [0.15, 0.2) is 11.5 Å². The predicted octanol–water partition coefficient (Wildman–Crippen LogP) is 3.37. The molecule has 0 fully saturated rings. The number of hydrogen-bond acceptors (Lipinski definition) is 3. The van der Waals surface area contributed by atoms with Crippen molar-refractivity contribution in [3.05, 3.63) is 23.8 Å². The van der Waals surface area contributed by atoms with Crippen LogP contribution < -0.4 is 14.8 Å². The van der Waals surface area contributed by atoms with E-state index in [9.17, 15) is 0 Å². The molecule has 0 spiro atoms. The molecule has 0 amide bonds. The lowest BCUT2D eigenvalue weighted by Crippen LogP contribution is -2.19. The largest absolute Gasteiger partial charge is 0.486 e. The first-order valence-electron chi connectivity index (χ1n) is 7.35. The van der Waals surface area contributed by atoms with E-state index in [2.05, 4.69) is 25.2 Å². The number of nitrogens with one attached hydrogen (secondary N) is 1. The molecular weight excluding hydrogens is 238 g/mol. The molecule has 1 aliphatic heterocycles. The van der Waals surface area contributed by atoms with E-state index in [4.69, 9.17) is 9.47 Å². The summed E-state index contributed by atoms with van der Waals surface area (Å²) in [6.45, 7) is 7.78. The number of fused-ring (bicyclic) bond motifs is 1. The quantitative estimate of drug-likeness (QED) is 0.765. The average molecular weight is 263 g/mol. The van der Waals surface area contributed by atoms with Gasteiger partial charge in [-0.2, -0.15) is 0 Å². The van der Waals surface area contributed by atoms with Crippen LogP contribution >= 0.6 is 0 Å². The van der Waals surface area contributed by atoms with Crippen LogP contribution in [0.4, 0.5) is 0 Å². The second-order valence-corrected chi connectivity index (χ2v) is 5.51. The van der Waals surface area contributed by atoms with Gasteiger partial charge in [0.1, 0.15) is 13.2 Å². The third kappa shape index (κ3) is 4.43. The van der Waals surface area contributed by atoms with Crippen molar-refractivity contribution in [2.24, 2.45) is 5.92 Å². The minimum atomic E-state index is 0.651. The Morgan fingerprint density at radius 1 is 1.16 bits per heavy atom. The highest BCUT2D eigenvalue weighted by atomic mass is 16.6. The van der Waals surface area contributed by atoms with E-state index in [1.54, 1.807) is 0 Å². The number of para-hydroxylation sites is 1. The third-order valence-electron chi connectivity index (χ3n) is 3.35. The van der Waals surface area contributed by atoms with Gasteiger partial charge < -0.3 is 14.8 Å². The first-order valence-corrected chi connectivity index (χ1v) is 7.35. The second kappa shape index (κ2) is 7.39. The van der Waals surface area contributed by atoms with E-state index >= 15 is 0 Å². The summed E-state index contributed by atoms with van der Waals surface area (Å²) in [6.07, 6.45) is 3.86. The molecule has 3 heteroatoms. The molecule has 0 aliphatic carbocycles. The fraction of sp³-hybridized carbons (Fsp3) is 0.625. The molecule has 106 valence electrons. The third-order valence-corrected chi connectivity index (χ3v) is 3.35. The Morgan fingerprint density at radius 3 is 2.84 bits per heavy atom. The summed E-state index contributed by atoms with van der Waals surface area (Å²) in [4.78, 5) is 0. The zero-order valence-corrected chi connectivity index (χ0v) is 12.1. The van der Waals surface area contributed by atoms with Crippen LogP contribution in [0.15, 0.2) is 18.2 Å². The minimum absolute atomic E-state index is 0.651. The van der Waals surface area contributed by atoms with Crippen molar-refractivity contribution in [1.82, 2.24) is 5.32 Å². The molecule has 0 radical (unpaired) electrons. The standard InChI is InChI=1S/C16H25NO2/c1-13(2)6-3-4-9-17-12-14-7-5-8-15-16(14)19-11-10-18-15/h5,7-8,13,17H,3-4,6,9-12H2,1-2H3. The molecule has 1 aliphatic rings. The molecule has 0 saturated heterocycles. The van der Waals surface area contributed by atoms with Crippen LogP contribution in [0.3, 0.4) is 0 Å². The fourth-order valence-electron chi connectivity index (χ4n) is 2.30. The first kappa shape index (κ1) is 14.2. The monoisotopic (exact) mass is 263 g/mol. The zero-order valence-electron chi connectivity index (χ0n) is 12.1. The van der Waals surface area contributed by atoms with Crippen molar-refractivity contribution in [2.75, 3.05) is 19.8 Å². The van der Waals surface area contributed by atoms with Gasteiger partial charge in [-0.3, -0.25) is 0 Å². The predicted molar refractivity (Wildman–Crippen MR) is 77.8 cm³/mol. The van der Waals surface area contributed by atoms with Crippen LogP contribution in [0.5, 0.6) is 11.5 Å². The van der Waals surface area contributed by atoms with Crippen LogP contribution in [0.25, 0.3) is 0 Å². The molecule has 1 aromatic rings. The summed E-state index contributed by atoms with van der Waals surface area (Å²) in [7, 11) is 0. The zero-order chi connectivity index (χ0) is 13.5. The first-order chi connectivity index (χ1) is 9.27. The topological polar surface area (TPSA) is 30.5 Å². The Hall–Kier alpha value is -1.22. The van der Waals surface area contributed by atoms with Crippen LogP contribution in [-0.2, 0) is 6.54 Å². The van der Waals surface area contributed by atoms with Crippen molar-refractivity contribution in [2.45, 2.75) is 39.7 Å². The van der Waals surface area contributed by atoms with Gasteiger partial charge in [-0.15, -0.1) is 0 Å². The lowest BCUT2D eigenvalue weighted by atomic mass is 10.1. The van der Waals surface area contributed by atoms with Gasteiger partial charge in [0, 0.05) is 12.1 Å². The highest BCUT2D eigenvalue weighted by Crippen LogP contribution is 2.33. The van der Waals surface area contributed by atoms with Crippen LogP contribution in [0.1, 0.15) is 38.7 Å². The molecular formula is C16H25NO2. The number of ether oxygens (including phenoxy) is 2. The molecule has 19 heavy (non-hydrogen) atoms. The van der Waals surface area contributed by atoms with Crippen molar-refractivity contribution < 1.29 is 9.47 Å². The molecule has 0 atom stereocenters. The molecule has 1 aromatic carbocycles. The summed E-state index contributed by atoms with van der Waals surface area (Å²) in [5, 5.41) is 3.49. The van der Waals surface area contributed by atoms with Crippen molar-refractivity contribution in [3.63, 3.8) is 0 Å². The molecule has 0 bridgehead atoms. The average Bonchev–Trinajstić information content (AvgIpc) is 2.42. The molecule has 1 heterocycles. The van der Waals surface area contributed by atoms with Gasteiger partial charge in [-0.25, -0.2) is 0 Å². The summed E-state index contributed by atoms with van der Waals surface area (Å²) in [5.41, 5.74) is 1.20. The van der Waals surface area contributed by atoms with Gasteiger partial charge in [0.05, 0.1) is 0 Å². The van der Waals surface area contributed by atoms with E-state index in [0.29, 0.717) is 13.2 Å². The van der Waals surface area contributed by atoms with Crippen LogP contribution in [0, 0.1) is 5.92 Å². The fourth-order valence-corrected chi connectivity index (χ4v) is 2.30. The second-order valence-electron chi connectivity index (χ2n) is 5.51. The van der Waals surface area contributed by atoms with Crippen molar-refractivity contribution >= 4 is 0 Å². The van der Waals surface area contributed by atoms with Crippen LogP contribution in [0.2, 0.25) is 0 Å². The highest BCUT2D eigenvalue weighted by molar-refractivity contribution is 5.47. The van der Waals surface area contributed by atoms with Crippen molar-refractivity contribution in [1.29, 1.82) is 0 Å². The maximum absolute atomic E-state index is 5.70. The number of rotatable bonds is 7. The van der Waals surface area contributed by atoms with Gasteiger partial charge in [-0.05, 0) is 24.9 Å². The summed E-state index contributed by atoms with van der Waals surface area (Å²) in [6, 6.07) is 6.11. The van der Waals surface area contributed by atoms with E-state index in [-0.39, 0.29) is 0 Å². The Bertz CT molecular complexity index is 390. The molecule has 1 N–H and O–H groups in total. The Balaban J connectivity index is 1.74. The summed E-state index contributed by atoms with van der Waals surface area (Å²) in [5.74, 6) is 2.61. The van der Waals surface area contributed by atoms with Crippen molar-refractivity contribution in [3.8, 4) is 11.5 Å². The molecule has 0 saturated carbocycles. The van der Waals surface area contributed by atoms with Gasteiger partial charge in [0.2, 0.25) is 0 Å². The van der Waals surface area contributed by atoms with E-state index < -0.39 is 0 Å². The SMILES string of the molecule is CC(C)CCCCNCc1cccc2c1OCCO2. The maximum Gasteiger partial charge on any atom is 0.165 e. The van der Waals surface area contributed by atoms with E-state index in [1.807, 2.05) is 12.1 Å². The smallest absolute Gasteiger partial charge is 0.165 e. The van der Waals surface area contributed by atoms with Gasteiger partial charge in [-0.1, -0.05) is 38.8 Å². The molecule has 0 unspecified atom stereocenters. The summed E-state index contributed by atoms with van der Waals surface area (Å²) < 4.78 is 11.3. The minimum Gasteiger partial charge on any atom is -0.486 e. The molecule has 3 nitrogen and oxygen atoms in total. The maximum atomic E-state index is 5.70. The summed E-state index contributed by atoms with van der Waals surface area (Å²) >= 11 is 0. The van der Waals surface area contributed by atoms with Gasteiger partial charge in [0.25, 0.3) is 0 Å². The normalized spacial score (nSPS) is 13.8. The number of unbranched alkanes of at least 4 members (excludes halogenated alkanes) is 1. The Labute approximate surface area is 116 Å². The lowest BCUT2D eigenvalue weighted by molar-refractivity contribution is 0.169. The highest BCUT2D eigenvalue weighted by Gasteiger charge is 2.14. The molecule has 2 rings (SSSR count).